The van der Waals surface area contributed by atoms with Crippen LogP contribution in [0.4, 0.5) is 0 Å². The van der Waals surface area contributed by atoms with E-state index in [1.165, 1.54) is 0 Å². The molecule has 46 valence electrons. The molecule has 0 saturated heterocycles. The van der Waals surface area contributed by atoms with Crippen LogP contribution in [0.15, 0.2) is 0 Å². The summed E-state index contributed by atoms with van der Waals surface area (Å²) in [6, 6.07) is 0. The van der Waals surface area contributed by atoms with Crippen molar-refractivity contribution < 1.29 is 51.4 Å². The molecule has 0 aromatic carbocycles. The standard InChI is InChI=1S/Ba.Na.H2O4S.H2S.3H/c;;1-5(2,3)4;;;;/h;;(H2,1,2,3,4);1H2;;;/q+2;+1;;;3*-1. The predicted octanol–water partition coefficient (Wildman–Crippen LogP) is -3.58. The molecule has 8 heavy (non-hydrogen) atoms. The van der Waals surface area contributed by atoms with Crippen molar-refractivity contribution in [2.24, 2.45) is 0 Å². The molecule has 0 fully saturated rings. The van der Waals surface area contributed by atoms with Gasteiger partial charge >= 0.3 is 88.8 Å². The Balaban J connectivity index is -0.00000000533. The fourth-order valence-corrected chi connectivity index (χ4v) is 0. The van der Waals surface area contributed by atoms with Crippen LogP contribution in [0.5, 0.6) is 0 Å². The number of rotatable bonds is 0. The predicted molar refractivity (Wildman–Crippen MR) is 33.6 cm³/mol. The molecular weight excluding hydrogens is 288 g/mol. The summed E-state index contributed by atoms with van der Waals surface area (Å²) in [5.74, 6) is 0. The van der Waals surface area contributed by atoms with Crippen LogP contribution in [0.2, 0.25) is 0 Å². The average molecular weight is 296 g/mol. The third-order valence-corrected chi connectivity index (χ3v) is 0. The summed E-state index contributed by atoms with van der Waals surface area (Å²) < 4.78 is 31.6. The Kier molecular flexibility index (Phi) is 27.5. The Bertz CT molecular complexity index is 107. The van der Waals surface area contributed by atoms with E-state index in [9.17, 15) is 0 Å². The van der Waals surface area contributed by atoms with Crippen molar-refractivity contribution in [1.82, 2.24) is 0 Å². The summed E-state index contributed by atoms with van der Waals surface area (Å²) in [6.07, 6.45) is 0. The van der Waals surface area contributed by atoms with Gasteiger partial charge in [-0.3, -0.25) is 9.11 Å². The van der Waals surface area contributed by atoms with Gasteiger partial charge in [-0.1, -0.05) is 0 Å². The second kappa shape index (κ2) is 9.79. The molecule has 0 radical (unpaired) electrons. The molecule has 0 amide bonds. The fourth-order valence-electron chi connectivity index (χ4n) is 0. The zero-order valence-electron chi connectivity index (χ0n) is 7.33. The minimum Gasteiger partial charge on any atom is -1.00 e. The van der Waals surface area contributed by atoms with E-state index in [1.807, 2.05) is 0 Å². The van der Waals surface area contributed by atoms with Crippen LogP contribution in [0, 0.1) is 0 Å². The van der Waals surface area contributed by atoms with E-state index in [2.05, 4.69) is 0 Å². The van der Waals surface area contributed by atoms with Gasteiger partial charge in [0.15, 0.2) is 0 Å². The molecule has 0 saturated carbocycles. The molecular formula is H7BaNaO4S2. The first kappa shape index (κ1) is 22.4. The first-order valence-corrected chi connectivity index (χ1v) is 2.10. The van der Waals surface area contributed by atoms with Crippen LogP contribution < -0.4 is 29.6 Å². The molecule has 0 aromatic heterocycles. The minimum absolute atomic E-state index is 0. The maximum absolute atomic E-state index is 8.74. The van der Waals surface area contributed by atoms with Crippen molar-refractivity contribution in [2.75, 3.05) is 0 Å². The molecule has 2 N–H and O–H groups in total. The zero-order chi connectivity index (χ0) is 4.50. The smallest absolute Gasteiger partial charge is 1.00 e. The molecule has 0 heterocycles. The van der Waals surface area contributed by atoms with Crippen LogP contribution in [-0.2, 0) is 10.4 Å². The Morgan fingerprint density at radius 2 is 1.25 bits per heavy atom. The van der Waals surface area contributed by atoms with Crippen molar-refractivity contribution in [3.05, 3.63) is 0 Å². The van der Waals surface area contributed by atoms with E-state index in [0.29, 0.717) is 0 Å². The van der Waals surface area contributed by atoms with Crippen LogP contribution in [0.1, 0.15) is 4.28 Å². The molecule has 0 unspecified atom stereocenters. The van der Waals surface area contributed by atoms with Gasteiger partial charge in [-0.25, -0.2) is 0 Å². The van der Waals surface area contributed by atoms with Crippen molar-refractivity contribution in [1.29, 1.82) is 0 Å². The molecule has 0 rings (SSSR count). The van der Waals surface area contributed by atoms with Gasteiger partial charge in [0.2, 0.25) is 0 Å². The van der Waals surface area contributed by atoms with Gasteiger partial charge in [-0.15, -0.1) is 0 Å². The molecule has 0 aliphatic rings. The molecule has 0 aliphatic carbocycles. The third-order valence-electron chi connectivity index (χ3n) is 0. The summed E-state index contributed by atoms with van der Waals surface area (Å²) in [4.78, 5) is 0. The molecule has 0 spiro atoms. The largest absolute Gasteiger partial charge is 2.00 e. The fraction of sp³-hybridized carbons (Fsp3) is 0. The summed E-state index contributed by atoms with van der Waals surface area (Å²) in [7, 11) is -4.67. The van der Waals surface area contributed by atoms with Crippen molar-refractivity contribution >= 4 is 72.8 Å². The van der Waals surface area contributed by atoms with E-state index in [0.717, 1.165) is 0 Å². The molecule has 0 atom stereocenters. The number of hydrogen-bond donors (Lipinski definition) is 2. The van der Waals surface area contributed by atoms with Crippen molar-refractivity contribution in [2.45, 2.75) is 0 Å². The number of hydrogen-bond acceptors (Lipinski definition) is 2. The SMILES string of the molecule is O=S(=O)(O)O.S.[Ba+2].[H-].[H-].[H-].[Na+]. The molecule has 0 aromatic rings. The van der Waals surface area contributed by atoms with Crippen LogP contribution in [0.3, 0.4) is 0 Å². The maximum atomic E-state index is 8.74. The third kappa shape index (κ3) is 68.5. The Hall–Kier alpha value is 2.79. The normalized spacial score (nSPS) is 7.25. The van der Waals surface area contributed by atoms with Crippen LogP contribution in [-0.4, -0.2) is 66.4 Å². The topological polar surface area (TPSA) is 74.6 Å². The van der Waals surface area contributed by atoms with Gasteiger partial charge in [-0.2, -0.15) is 21.9 Å². The van der Waals surface area contributed by atoms with Gasteiger partial charge in [0.05, 0.1) is 0 Å². The van der Waals surface area contributed by atoms with E-state index in [1.54, 1.807) is 0 Å². The van der Waals surface area contributed by atoms with E-state index in [4.69, 9.17) is 17.5 Å². The summed E-state index contributed by atoms with van der Waals surface area (Å²) in [6.45, 7) is 0. The second-order valence-electron chi connectivity index (χ2n) is 0.448. The Labute approximate surface area is 122 Å². The maximum Gasteiger partial charge on any atom is 2.00 e. The van der Waals surface area contributed by atoms with Gasteiger partial charge in [-0.05, 0) is 0 Å². The van der Waals surface area contributed by atoms with Crippen LogP contribution >= 0.6 is 13.5 Å². The van der Waals surface area contributed by atoms with Gasteiger partial charge in [0.25, 0.3) is 0 Å². The Morgan fingerprint density at radius 1 is 1.25 bits per heavy atom. The zero-order valence-corrected chi connectivity index (χ0v) is 12.6. The monoisotopic (exact) mass is 296 g/mol. The van der Waals surface area contributed by atoms with Crippen molar-refractivity contribution in [3.63, 3.8) is 0 Å². The minimum atomic E-state index is -4.67. The van der Waals surface area contributed by atoms with Gasteiger partial charge < -0.3 is 4.28 Å². The Morgan fingerprint density at radius 3 is 1.25 bits per heavy atom. The first-order valence-electron chi connectivity index (χ1n) is 0.698. The van der Waals surface area contributed by atoms with Crippen molar-refractivity contribution in [3.8, 4) is 0 Å². The molecule has 8 heteroatoms. The quantitative estimate of drug-likeness (QED) is 0.358. The average Bonchev–Trinajstić information content (AvgIpc) is 0.722. The summed E-state index contributed by atoms with van der Waals surface area (Å²) >= 11 is 0. The molecule has 4 nitrogen and oxygen atoms in total. The second-order valence-corrected chi connectivity index (χ2v) is 1.34. The van der Waals surface area contributed by atoms with E-state index in [-0.39, 0.29) is 96.2 Å². The summed E-state index contributed by atoms with van der Waals surface area (Å²) in [5, 5.41) is 0. The summed E-state index contributed by atoms with van der Waals surface area (Å²) in [5.41, 5.74) is 0. The molecule has 0 aliphatic heterocycles. The van der Waals surface area contributed by atoms with E-state index >= 15 is 0 Å². The molecule has 0 bridgehead atoms. The van der Waals surface area contributed by atoms with Gasteiger partial charge in [0, 0.05) is 0 Å². The van der Waals surface area contributed by atoms with Gasteiger partial charge in [0.1, 0.15) is 0 Å². The van der Waals surface area contributed by atoms with E-state index < -0.39 is 10.4 Å². The van der Waals surface area contributed by atoms with Crippen LogP contribution in [0.25, 0.3) is 0 Å². The first-order chi connectivity index (χ1) is 2.00.